The molecule has 0 spiro atoms. The van der Waals surface area contributed by atoms with E-state index in [9.17, 15) is 9.18 Å². The molecule has 2 aliphatic rings. The highest BCUT2D eigenvalue weighted by Crippen LogP contribution is 2.29. The monoisotopic (exact) mass is 482 g/mol. The van der Waals surface area contributed by atoms with Gasteiger partial charge in [-0.25, -0.2) is 14.4 Å². The summed E-state index contributed by atoms with van der Waals surface area (Å²) >= 11 is 1.52. The van der Waals surface area contributed by atoms with Crippen molar-refractivity contribution in [1.29, 1.82) is 0 Å². The molecule has 0 aromatic carbocycles. The van der Waals surface area contributed by atoms with Gasteiger partial charge in [0, 0.05) is 36.8 Å². The number of aryl methyl sites for hydroxylation is 1. The Morgan fingerprint density at radius 3 is 2.97 bits per heavy atom. The third kappa shape index (κ3) is 5.13. The van der Waals surface area contributed by atoms with Gasteiger partial charge in [0.05, 0.1) is 40.7 Å². The first kappa shape index (κ1) is 22.9. The van der Waals surface area contributed by atoms with Gasteiger partial charge in [-0.15, -0.1) is 11.8 Å². The number of pyridine rings is 3. The molecule has 3 aromatic rings. The summed E-state index contributed by atoms with van der Waals surface area (Å²) in [4.78, 5) is 25.8. The molecule has 10 heteroatoms. The van der Waals surface area contributed by atoms with E-state index < -0.39 is 0 Å². The molecular weight excluding hydrogens is 455 g/mol. The Kier molecular flexibility index (Phi) is 6.89. The zero-order chi connectivity index (χ0) is 23.5. The van der Waals surface area contributed by atoms with E-state index in [4.69, 9.17) is 4.74 Å². The predicted octanol–water partition coefficient (Wildman–Crippen LogP) is 3.06. The summed E-state index contributed by atoms with van der Waals surface area (Å²) in [7, 11) is 1.55. The molecule has 2 atom stereocenters. The van der Waals surface area contributed by atoms with Gasteiger partial charge in [0.25, 0.3) is 0 Å². The number of amides is 1. The standard InChI is InChI=1S/C24H27FN6O2S/c1-33-22-9-7-19-23(31-22)17(18(25)12-28-19)6-4-14-2-3-15(10-26-14)27-11-16-5-8-20-24(29-16)30-21(32)13-34-20/h5,7-9,12,14-15,26-27H,2-4,6,10-11,13H2,1H3,(H,29,30,32). The summed E-state index contributed by atoms with van der Waals surface area (Å²) in [6.45, 7) is 1.49. The molecule has 8 nitrogen and oxygen atoms in total. The summed E-state index contributed by atoms with van der Waals surface area (Å²) in [6.07, 6.45) is 4.72. The number of rotatable bonds is 7. The van der Waals surface area contributed by atoms with Crippen LogP contribution in [-0.2, 0) is 17.8 Å². The van der Waals surface area contributed by atoms with Crippen molar-refractivity contribution in [2.24, 2.45) is 0 Å². The fraction of sp³-hybridized carbons (Fsp3) is 0.417. The van der Waals surface area contributed by atoms with Crippen molar-refractivity contribution in [3.63, 3.8) is 0 Å². The van der Waals surface area contributed by atoms with Gasteiger partial charge in [-0.05, 0) is 43.9 Å². The molecule has 0 bridgehead atoms. The third-order valence-electron chi connectivity index (χ3n) is 6.31. The van der Waals surface area contributed by atoms with Gasteiger partial charge in [-0.2, -0.15) is 0 Å². The molecule has 5 heterocycles. The predicted molar refractivity (Wildman–Crippen MR) is 130 cm³/mol. The minimum atomic E-state index is -0.323. The highest BCUT2D eigenvalue weighted by molar-refractivity contribution is 8.00. The van der Waals surface area contributed by atoms with Crippen molar-refractivity contribution in [2.45, 2.75) is 49.2 Å². The van der Waals surface area contributed by atoms with Crippen molar-refractivity contribution in [1.82, 2.24) is 25.6 Å². The molecule has 3 N–H and O–H groups in total. The Morgan fingerprint density at radius 2 is 2.15 bits per heavy atom. The van der Waals surface area contributed by atoms with Gasteiger partial charge in [0.2, 0.25) is 11.8 Å². The lowest BCUT2D eigenvalue weighted by molar-refractivity contribution is -0.113. The van der Waals surface area contributed by atoms with Crippen LogP contribution in [-0.4, -0.2) is 52.4 Å². The van der Waals surface area contributed by atoms with Gasteiger partial charge in [0.15, 0.2) is 0 Å². The molecule has 178 valence electrons. The van der Waals surface area contributed by atoms with Gasteiger partial charge < -0.3 is 20.7 Å². The van der Waals surface area contributed by atoms with E-state index in [1.807, 2.05) is 18.2 Å². The number of nitrogens with one attached hydrogen (secondary N) is 3. The molecule has 0 radical (unpaired) electrons. The first-order valence-corrected chi connectivity index (χ1v) is 12.4. The van der Waals surface area contributed by atoms with E-state index in [-0.39, 0.29) is 11.7 Å². The molecule has 3 aromatic heterocycles. The lowest BCUT2D eigenvalue weighted by atomic mass is 9.95. The van der Waals surface area contributed by atoms with Crippen LogP contribution in [0.2, 0.25) is 0 Å². The van der Waals surface area contributed by atoms with E-state index >= 15 is 0 Å². The van der Waals surface area contributed by atoms with E-state index in [2.05, 4.69) is 30.9 Å². The first-order valence-electron chi connectivity index (χ1n) is 11.5. The smallest absolute Gasteiger partial charge is 0.235 e. The van der Waals surface area contributed by atoms with Crippen LogP contribution in [0.5, 0.6) is 5.88 Å². The number of aromatic nitrogens is 3. The maximum absolute atomic E-state index is 14.6. The second-order valence-corrected chi connectivity index (χ2v) is 9.61. The van der Waals surface area contributed by atoms with Crippen molar-refractivity contribution in [3.05, 3.63) is 47.5 Å². The Labute approximate surface area is 201 Å². The number of hydrogen-bond donors (Lipinski definition) is 3. The van der Waals surface area contributed by atoms with Gasteiger partial charge in [-0.3, -0.25) is 9.78 Å². The van der Waals surface area contributed by atoms with Crippen LogP contribution in [0.4, 0.5) is 10.2 Å². The molecule has 34 heavy (non-hydrogen) atoms. The number of halogens is 1. The van der Waals surface area contributed by atoms with Crippen LogP contribution in [0.3, 0.4) is 0 Å². The average molecular weight is 483 g/mol. The van der Waals surface area contributed by atoms with Crippen LogP contribution >= 0.6 is 11.8 Å². The fourth-order valence-corrected chi connectivity index (χ4v) is 5.19. The number of piperidine rings is 1. The molecule has 2 aliphatic heterocycles. The van der Waals surface area contributed by atoms with Gasteiger partial charge in [0.1, 0.15) is 11.6 Å². The second kappa shape index (κ2) is 10.2. The number of ether oxygens (including phenoxy) is 1. The number of carbonyl (C=O) groups excluding carboxylic acids is 1. The van der Waals surface area contributed by atoms with Crippen molar-refractivity contribution < 1.29 is 13.9 Å². The quantitative estimate of drug-likeness (QED) is 0.472. The largest absolute Gasteiger partial charge is 0.481 e. The van der Waals surface area contributed by atoms with E-state index in [0.29, 0.717) is 59.1 Å². The van der Waals surface area contributed by atoms with E-state index in [1.54, 1.807) is 13.2 Å². The van der Waals surface area contributed by atoms with Crippen molar-refractivity contribution in [3.8, 4) is 5.88 Å². The maximum Gasteiger partial charge on any atom is 0.235 e. The number of hydrogen-bond acceptors (Lipinski definition) is 8. The van der Waals surface area contributed by atoms with Crippen LogP contribution in [0.15, 0.2) is 35.4 Å². The summed E-state index contributed by atoms with van der Waals surface area (Å²) in [5, 5.41) is 9.99. The summed E-state index contributed by atoms with van der Waals surface area (Å²) in [5.41, 5.74) is 2.75. The normalized spacial score (nSPS) is 20.1. The Hall–Kier alpha value is -2.82. The molecule has 0 saturated carbocycles. The first-order chi connectivity index (χ1) is 16.6. The van der Waals surface area contributed by atoms with Gasteiger partial charge >= 0.3 is 0 Å². The van der Waals surface area contributed by atoms with E-state index in [0.717, 1.165) is 36.4 Å². The minimum absolute atomic E-state index is 0.00723. The molecule has 1 amide bonds. The third-order valence-corrected chi connectivity index (χ3v) is 7.36. The fourth-order valence-electron chi connectivity index (χ4n) is 4.44. The summed E-state index contributed by atoms with van der Waals surface area (Å²) < 4.78 is 19.8. The van der Waals surface area contributed by atoms with Gasteiger partial charge in [-0.1, -0.05) is 0 Å². The molecule has 1 saturated heterocycles. The number of thioether (sulfide) groups is 1. The van der Waals surface area contributed by atoms with Crippen LogP contribution in [0.1, 0.15) is 30.5 Å². The second-order valence-electron chi connectivity index (χ2n) is 8.59. The zero-order valence-electron chi connectivity index (χ0n) is 18.9. The Balaban J connectivity index is 1.13. The van der Waals surface area contributed by atoms with E-state index in [1.165, 1.54) is 18.0 Å². The molecule has 0 aliphatic carbocycles. The molecule has 2 unspecified atom stereocenters. The van der Waals surface area contributed by atoms with Crippen molar-refractivity contribution >= 4 is 34.5 Å². The highest BCUT2D eigenvalue weighted by Gasteiger charge is 2.22. The zero-order valence-corrected chi connectivity index (χ0v) is 19.8. The summed E-state index contributed by atoms with van der Waals surface area (Å²) in [6, 6.07) is 8.23. The number of fused-ring (bicyclic) bond motifs is 2. The Bertz CT molecular complexity index is 1200. The number of carbonyl (C=O) groups is 1. The molecule has 1 fully saturated rings. The molecular formula is C24H27FN6O2S. The lowest BCUT2D eigenvalue weighted by Gasteiger charge is -2.30. The topological polar surface area (TPSA) is 101 Å². The van der Waals surface area contributed by atoms with Crippen molar-refractivity contribution in [2.75, 3.05) is 24.7 Å². The maximum atomic E-state index is 14.6. The number of anilines is 1. The van der Waals surface area contributed by atoms with Crippen LogP contribution in [0.25, 0.3) is 11.0 Å². The number of methoxy groups -OCH3 is 1. The Morgan fingerprint density at radius 1 is 1.24 bits per heavy atom. The van der Waals surface area contributed by atoms with Crippen LogP contribution in [0, 0.1) is 5.82 Å². The summed E-state index contributed by atoms with van der Waals surface area (Å²) in [5.74, 6) is 1.23. The molecule has 5 rings (SSSR count). The average Bonchev–Trinajstić information content (AvgIpc) is 2.87. The number of nitrogens with zero attached hydrogens (tertiary/aromatic N) is 3. The highest BCUT2D eigenvalue weighted by atomic mass is 32.2. The minimum Gasteiger partial charge on any atom is -0.481 e. The van der Waals surface area contributed by atoms with Crippen LogP contribution < -0.4 is 20.7 Å². The lowest BCUT2D eigenvalue weighted by Crippen LogP contribution is -2.47. The SMILES string of the molecule is COc1ccc2ncc(F)c(CCC3CCC(NCc4ccc5c(n4)NC(=O)CS5)CN3)c2n1.